The number of hydrogen-bond acceptors (Lipinski definition) is 1. The summed E-state index contributed by atoms with van der Waals surface area (Å²) in [5.74, 6) is 0. The van der Waals surface area contributed by atoms with Crippen LogP contribution in [-0.4, -0.2) is 14.1 Å². The molecule has 18 aromatic carbocycles. The molecule has 0 spiro atoms. The molecule has 3 aromatic heterocycles. The topological polar surface area (TPSA) is 31.5 Å². The van der Waals surface area contributed by atoms with Crippen molar-refractivity contribution in [2.45, 2.75) is 0 Å². The Morgan fingerprint density at radius 3 is 0.971 bits per heavy atom. The molecule has 5 nitrogen and oxygen atoms in total. The van der Waals surface area contributed by atoms with Crippen molar-refractivity contribution in [3.63, 3.8) is 0 Å². The fourth-order valence-electron chi connectivity index (χ4n) is 16.3. The number of benzene rings is 18. The van der Waals surface area contributed by atoms with Gasteiger partial charge in [0.1, 0.15) is 0 Å². The molecule has 0 atom stereocenters. The molecule has 0 radical (unpaired) electrons. The smallest absolute Gasteiger partial charge is 0.189 e. The van der Waals surface area contributed by atoms with Crippen molar-refractivity contribution in [3.8, 4) is 78.1 Å². The lowest BCUT2D eigenvalue weighted by atomic mass is 9.88. The second-order valence-corrected chi connectivity index (χ2v) is 26.8. The summed E-state index contributed by atoms with van der Waals surface area (Å²) in [5.41, 5.74) is 22.1. The van der Waals surface area contributed by atoms with Crippen LogP contribution in [0.5, 0.6) is 0 Å². The van der Waals surface area contributed by atoms with E-state index in [1.54, 1.807) is 0 Å². The molecule has 5 heteroatoms. The van der Waals surface area contributed by atoms with E-state index in [1.807, 2.05) is 54.9 Å². The van der Waals surface area contributed by atoms with Crippen LogP contribution in [0, 0.1) is 13.1 Å². The van der Waals surface area contributed by atoms with Crippen molar-refractivity contribution in [2.75, 3.05) is 0 Å². The first-order valence-electron chi connectivity index (χ1n) is 34.5. The third-order valence-electron chi connectivity index (χ3n) is 21.1. The Morgan fingerprint density at radius 2 is 0.569 bits per heavy atom. The van der Waals surface area contributed by atoms with Gasteiger partial charge in [-0.1, -0.05) is 231 Å². The zero-order valence-electron chi connectivity index (χ0n) is 55.1. The highest BCUT2D eigenvalue weighted by atomic mass is 15.0. The molecule has 0 fully saturated rings. The van der Waals surface area contributed by atoms with Gasteiger partial charge in [0.2, 0.25) is 0 Å². The normalized spacial score (nSPS) is 11.7. The van der Waals surface area contributed by atoms with Crippen LogP contribution in [0.2, 0.25) is 0 Å². The first kappa shape index (κ1) is 58.2. The van der Waals surface area contributed by atoms with Gasteiger partial charge in [-0.05, 0) is 240 Å². The number of fused-ring (bicyclic) bond motifs is 7. The summed E-state index contributed by atoms with van der Waals surface area (Å²) >= 11 is 0. The second kappa shape index (κ2) is 23.4. The van der Waals surface area contributed by atoms with Gasteiger partial charge in [-0.2, -0.15) is 0 Å². The van der Waals surface area contributed by atoms with E-state index in [4.69, 9.17) is 13.1 Å². The zero-order chi connectivity index (χ0) is 67.5. The Labute approximate surface area is 587 Å². The summed E-state index contributed by atoms with van der Waals surface area (Å²) in [6.07, 6.45) is 3.75. The molecule has 0 N–H and O–H groups in total. The van der Waals surface area contributed by atoms with Crippen molar-refractivity contribution in [2.24, 2.45) is 0 Å². The second-order valence-electron chi connectivity index (χ2n) is 26.8. The largest absolute Gasteiger partial charge is 0.310 e. The minimum absolute atomic E-state index is 0.644. The van der Waals surface area contributed by atoms with Gasteiger partial charge >= 0.3 is 0 Å². The van der Waals surface area contributed by atoms with Crippen molar-refractivity contribution in [1.29, 1.82) is 0 Å². The Hall–Kier alpha value is -14.0. The molecule has 0 bridgehead atoms. The minimum atomic E-state index is 0.644. The van der Waals surface area contributed by atoms with Gasteiger partial charge < -0.3 is 9.13 Å². The molecule has 0 aliphatic rings. The average molecular weight is 1290 g/mol. The van der Waals surface area contributed by atoms with Gasteiger partial charge in [-0.15, -0.1) is 0 Å². The van der Waals surface area contributed by atoms with E-state index < -0.39 is 0 Å². The fraction of sp³-hybridized carbons (Fsp3) is 0. The Bertz CT molecular complexity index is 6900. The average Bonchev–Trinajstić information content (AvgIpc) is 1.28. The summed E-state index contributed by atoms with van der Waals surface area (Å²) in [7, 11) is 0. The highest BCUT2D eigenvalue weighted by Crippen LogP contribution is 2.45. The maximum Gasteiger partial charge on any atom is 0.189 e. The SMILES string of the molecule is [C-]#[N+]c1ccc2c3ccc(-c4ccc(-c5cc6ccc7cc(-c8cccc9ccccc89)cc8ccc(c5)c6c78)cc4)cc3n(-c3ccccc3)c2c1.[C-]#[N+]c1ccc2c3ccc(-c4ccc(-c5cc6ccc7cc(-c8cccnc8)cc8ccc(c5)c6c78)cc4)cc3n(-c3ccccc3)c2c1. The standard InChI is InChI=1S/C51H30N2.C46H27N3/c1-52-42-23-25-47-46-24-22-35(30-48(46)53(49(47)31-42)43-10-3-2-4-11-43)32-14-16-33(17-15-32)40-26-36-18-20-38-28-41(29-39-21-19-37(27-40)50(36)51(38)39)45-13-7-9-34-8-5-6-12-44(34)45;1-47-39-18-20-42-41-19-17-31(26-43(41)49(44(42)27-39)40-7-3-2-4-8-40)29-9-11-30(12-10-29)37-22-32-13-15-34-24-38(36-6-5-21-48-28-36)25-35-16-14-33(23-37)45(32)46(34)35/h2-31H;2-28H. The lowest BCUT2D eigenvalue weighted by molar-refractivity contribution is 1.18. The van der Waals surface area contributed by atoms with E-state index in [-0.39, 0.29) is 0 Å². The molecule has 0 aliphatic heterocycles. The van der Waals surface area contributed by atoms with Gasteiger partial charge in [-0.25, -0.2) is 9.69 Å². The predicted molar refractivity (Wildman–Crippen MR) is 429 cm³/mol. The number of rotatable bonds is 8. The summed E-state index contributed by atoms with van der Waals surface area (Å²) in [5, 5.41) is 22.6. The van der Waals surface area contributed by atoms with Crippen molar-refractivity contribution >= 4 is 130 Å². The molecule has 0 saturated heterocycles. The third kappa shape index (κ3) is 9.56. The molecule has 21 rings (SSSR count). The lowest BCUT2D eigenvalue weighted by Gasteiger charge is -2.15. The summed E-state index contributed by atoms with van der Waals surface area (Å²) in [4.78, 5) is 11.8. The number of nitrogens with zero attached hydrogens (tertiary/aromatic N) is 5. The highest BCUT2D eigenvalue weighted by Gasteiger charge is 2.20. The molecule has 3 heterocycles. The molecular weight excluding hydrogens is 1240 g/mol. The predicted octanol–water partition coefficient (Wildman–Crippen LogP) is 27.0. The van der Waals surface area contributed by atoms with Crippen LogP contribution in [-0.2, 0) is 0 Å². The lowest BCUT2D eigenvalue weighted by Crippen LogP contribution is -1.93. The molecular formula is C97H57N5. The first-order valence-corrected chi connectivity index (χ1v) is 34.5. The number of hydrogen-bond donors (Lipinski definition) is 0. The zero-order valence-corrected chi connectivity index (χ0v) is 55.1. The maximum atomic E-state index is 7.62. The summed E-state index contributed by atoms with van der Waals surface area (Å²) < 4.78 is 4.56. The maximum absolute atomic E-state index is 7.62. The molecule has 0 unspecified atom stereocenters. The van der Waals surface area contributed by atoms with Crippen LogP contribution >= 0.6 is 0 Å². The van der Waals surface area contributed by atoms with Crippen molar-refractivity contribution in [1.82, 2.24) is 14.1 Å². The Morgan fingerprint density at radius 1 is 0.225 bits per heavy atom. The van der Waals surface area contributed by atoms with Crippen LogP contribution in [0.3, 0.4) is 0 Å². The van der Waals surface area contributed by atoms with Gasteiger partial charge in [0.25, 0.3) is 0 Å². The molecule has 470 valence electrons. The van der Waals surface area contributed by atoms with Crippen LogP contribution < -0.4 is 0 Å². The van der Waals surface area contributed by atoms with Gasteiger partial charge in [-0.3, -0.25) is 4.98 Å². The van der Waals surface area contributed by atoms with Crippen LogP contribution in [0.15, 0.2) is 346 Å². The van der Waals surface area contributed by atoms with Gasteiger partial charge in [0, 0.05) is 61.9 Å². The first-order chi connectivity index (χ1) is 50.4. The van der Waals surface area contributed by atoms with E-state index >= 15 is 0 Å². The van der Waals surface area contributed by atoms with E-state index in [0.29, 0.717) is 11.4 Å². The van der Waals surface area contributed by atoms with Crippen LogP contribution in [0.1, 0.15) is 0 Å². The van der Waals surface area contributed by atoms with E-state index in [2.05, 4.69) is 315 Å². The summed E-state index contributed by atoms with van der Waals surface area (Å²) in [6.45, 7) is 15.2. The molecule has 0 amide bonds. The van der Waals surface area contributed by atoms with Crippen LogP contribution in [0.4, 0.5) is 11.4 Å². The van der Waals surface area contributed by atoms with Crippen molar-refractivity contribution in [3.05, 3.63) is 369 Å². The van der Waals surface area contributed by atoms with E-state index in [1.165, 1.54) is 136 Å². The summed E-state index contributed by atoms with van der Waals surface area (Å²) in [6, 6.07) is 120. The monoisotopic (exact) mass is 1290 g/mol. The fourth-order valence-corrected chi connectivity index (χ4v) is 16.3. The Kier molecular flexibility index (Phi) is 13.3. The molecule has 21 aromatic rings. The number of pyridine rings is 1. The molecule has 0 aliphatic carbocycles. The van der Waals surface area contributed by atoms with E-state index in [0.717, 1.165) is 60.9 Å². The van der Waals surface area contributed by atoms with Gasteiger partial charge in [0.05, 0.1) is 24.2 Å². The number of para-hydroxylation sites is 2. The molecule has 0 saturated carbocycles. The minimum Gasteiger partial charge on any atom is -0.310 e. The van der Waals surface area contributed by atoms with Crippen LogP contribution in [0.25, 0.3) is 207 Å². The van der Waals surface area contributed by atoms with Crippen molar-refractivity contribution < 1.29 is 0 Å². The highest BCUT2D eigenvalue weighted by molar-refractivity contribution is 6.26. The quantitative estimate of drug-likeness (QED) is 0.110. The molecule has 102 heavy (non-hydrogen) atoms. The third-order valence-corrected chi connectivity index (χ3v) is 21.1. The Balaban J connectivity index is 0.000000137. The van der Waals surface area contributed by atoms with Gasteiger partial charge in [0.15, 0.2) is 11.4 Å². The number of aromatic nitrogens is 3. The van der Waals surface area contributed by atoms with E-state index in [9.17, 15) is 0 Å².